The molecule has 2 fully saturated rings. The molecule has 0 aromatic heterocycles. The number of hydrogen-bond acceptors (Lipinski definition) is 6. The third-order valence-corrected chi connectivity index (χ3v) is 5.21. The molecule has 9 nitrogen and oxygen atoms in total. The van der Waals surface area contributed by atoms with Gasteiger partial charge in [-0.25, -0.2) is 0 Å². The zero-order valence-corrected chi connectivity index (χ0v) is 17.5. The van der Waals surface area contributed by atoms with Crippen molar-refractivity contribution in [2.75, 3.05) is 39.8 Å². The summed E-state index contributed by atoms with van der Waals surface area (Å²) in [6, 6.07) is 4.32. The van der Waals surface area contributed by atoms with Gasteiger partial charge >= 0.3 is 6.61 Å². The number of alkyl halides is 2. The summed E-state index contributed by atoms with van der Waals surface area (Å²) >= 11 is 0. The van der Waals surface area contributed by atoms with Gasteiger partial charge in [0.15, 0.2) is 11.5 Å². The van der Waals surface area contributed by atoms with Crippen molar-refractivity contribution in [1.82, 2.24) is 14.7 Å². The first-order valence-corrected chi connectivity index (χ1v) is 9.99. The van der Waals surface area contributed by atoms with Crippen LogP contribution < -0.4 is 9.47 Å². The fourth-order valence-corrected chi connectivity index (χ4v) is 3.46. The molecule has 0 saturated carbocycles. The highest BCUT2D eigenvalue weighted by Gasteiger charge is 2.32. The number of amides is 4. The normalized spacial score (nSPS) is 16.9. The summed E-state index contributed by atoms with van der Waals surface area (Å²) < 4.78 is 34.2. The molecule has 0 bridgehead atoms. The number of carbonyl (C=O) groups is 4. The lowest BCUT2D eigenvalue weighted by molar-refractivity contribution is -0.146. The molecule has 0 atom stereocenters. The molecule has 11 heteroatoms. The molecule has 2 aliphatic rings. The van der Waals surface area contributed by atoms with Crippen LogP contribution in [-0.2, 0) is 19.2 Å². The van der Waals surface area contributed by atoms with Crippen LogP contribution in [0, 0.1) is 0 Å². The Balaban J connectivity index is 1.52. The lowest BCUT2D eigenvalue weighted by Gasteiger charge is -2.34. The monoisotopic (exact) mass is 451 g/mol. The zero-order chi connectivity index (χ0) is 23.3. The standard InChI is InChI=1S/C21H23F2N3O6/c1-31-16-12-14(2-4-15(16)32-21(22)23)3-5-17(27)24-8-10-25(11-9-24)20(30)13-26-18(28)6-7-19(26)29/h2-5,12,21H,6-11,13H2,1H3/b5-3+. The van der Waals surface area contributed by atoms with Crippen LogP contribution in [0.25, 0.3) is 6.08 Å². The second-order valence-corrected chi connectivity index (χ2v) is 7.20. The molecule has 4 amide bonds. The SMILES string of the molecule is COc1cc(/C=C/C(=O)N2CCN(C(=O)CN3C(=O)CCC3=O)CC2)ccc1OC(F)F. The van der Waals surface area contributed by atoms with Crippen molar-refractivity contribution in [3.63, 3.8) is 0 Å². The Bertz CT molecular complexity index is 912. The van der Waals surface area contributed by atoms with Gasteiger partial charge in [-0.3, -0.25) is 24.1 Å². The third-order valence-electron chi connectivity index (χ3n) is 5.21. The molecule has 0 unspecified atom stereocenters. The van der Waals surface area contributed by atoms with Gasteiger partial charge in [-0.1, -0.05) is 6.07 Å². The molecule has 2 aliphatic heterocycles. The number of halogens is 2. The highest BCUT2D eigenvalue weighted by atomic mass is 19.3. The lowest BCUT2D eigenvalue weighted by Crippen LogP contribution is -2.52. The Morgan fingerprint density at radius 2 is 1.66 bits per heavy atom. The average Bonchev–Trinajstić information content (AvgIpc) is 3.09. The number of methoxy groups -OCH3 is 1. The van der Waals surface area contributed by atoms with E-state index >= 15 is 0 Å². The molecular weight excluding hydrogens is 428 g/mol. The molecule has 1 aromatic carbocycles. The minimum atomic E-state index is -2.98. The third kappa shape index (κ3) is 5.59. The molecule has 0 spiro atoms. The Hall–Kier alpha value is -3.50. The van der Waals surface area contributed by atoms with Gasteiger partial charge in [0.25, 0.3) is 0 Å². The van der Waals surface area contributed by atoms with E-state index < -0.39 is 6.61 Å². The minimum Gasteiger partial charge on any atom is -0.493 e. The van der Waals surface area contributed by atoms with Crippen molar-refractivity contribution in [3.05, 3.63) is 29.8 Å². The fourth-order valence-electron chi connectivity index (χ4n) is 3.46. The van der Waals surface area contributed by atoms with Crippen LogP contribution in [0.4, 0.5) is 8.78 Å². The van der Waals surface area contributed by atoms with Gasteiger partial charge in [0.1, 0.15) is 6.54 Å². The highest BCUT2D eigenvalue weighted by Crippen LogP contribution is 2.29. The van der Waals surface area contributed by atoms with Crippen molar-refractivity contribution in [3.8, 4) is 11.5 Å². The molecule has 0 radical (unpaired) electrons. The Labute approximate surface area is 183 Å². The molecule has 0 aliphatic carbocycles. The van der Waals surface area contributed by atoms with Crippen molar-refractivity contribution < 1.29 is 37.4 Å². The number of nitrogens with zero attached hydrogens (tertiary/aromatic N) is 3. The van der Waals surface area contributed by atoms with Crippen molar-refractivity contribution in [2.45, 2.75) is 19.5 Å². The number of ether oxygens (including phenoxy) is 2. The number of benzene rings is 1. The van der Waals surface area contributed by atoms with Crippen LogP contribution in [0.15, 0.2) is 24.3 Å². The minimum absolute atomic E-state index is 0.107. The topological polar surface area (TPSA) is 96.5 Å². The maximum absolute atomic E-state index is 12.5. The molecular formula is C21H23F2N3O6. The maximum Gasteiger partial charge on any atom is 0.387 e. The zero-order valence-electron chi connectivity index (χ0n) is 17.5. The molecule has 1 aromatic rings. The highest BCUT2D eigenvalue weighted by molar-refractivity contribution is 6.04. The molecule has 0 N–H and O–H groups in total. The summed E-state index contributed by atoms with van der Waals surface area (Å²) in [5.74, 6) is -1.27. The van der Waals surface area contributed by atoms with Crippen molar-refractivity contribution in [2.24, 2.45) is 0 Å². The van der Waals surface area contributed by atoms with E-state index in [0.717, 1.165) is 4.90 Å². The van der Waals surface area contributed by atoms with E-state index in [9.17, 15) is 28.0 Å². The summed E-state index contributed by atoms with van der Waals surface area (Å²) in [6.45, 7) is -2.04. The first-order chi connectivity index (χ1) is 15.3. The van der Waals surface area contributed by atoms with Gasteiger partial charge < -0.3 is 19.3 Å². The predicted octanol–water partition coefficient (Wildman–Crippen LogP) is 1.13. The van der Waals surface area contributed by atoms with Crippen LogP contribution >= 0.6 is 0 Å². The molecule has 172 valence electrons. The summed E-state index contributed by atoms with van der Waals surface area (Å²) in [7, 11) is 1.32. The van der Waals surface area contributed by atoms with E-state index in [1.807, 2.05) is 0 Å². The van der Waals surface area contributed by atoms with Crippen LogP contribution in [0.5, 0.6) is 11.5 Å². The van der Waals surface area contributed by atoms with E-state index in [4.69, 9.17) is 4.74 Å². The predicted molar refractivity (Wildman–Crippen MR) is 108 cm³/mol. The lowest BCUT2D eigenvalue weighted by atomic mass is 10.2. The molecule has 3 rings (SSSR count). The largest absolute Gasteiger partial charge is 0.493 e. The van der Waals surface area contributed by atoms with Gasteiger partial charge in [-0.15, -0.1) is 0 Å². The summed E-state index contributed by atoms with van der Waals surface area (Å²) in [4.78, 5) is 52.2. The van der Waals surface area contributed by atoms with E-state index in [-0.39, 0.29) is 54.5 Å². The summed E-state index contributed by atoms with van der Waals surface area (Å²) in [6.07, 6.45) is 3.14. The van der Waals surface area contributed by atoms with Crippen LogP contribution in [0.1, 0.15) is 18.4 Å². The van der Waals surface area contributed by atoms with E-state index in [0.29, 0.717) is 31.7 Å². The second kappa shape index (κ2) is 10.2. The van der Waals surface area contributed by atoms with Crippen molar-refractivity contribution in [1.29, 1.82) is 0 Å². The Kier molecular flexibility index (Phi) is 7.39. The average molecular weight is 451 g/mol. The molecule has 2 saturated heterocycles. The van der Waals surface area contributed by atoms with Gasteiger partial charge in [-0.05, 0) is 23.8 Å². The number of imide groups is 1. The molecule has 2 heterocycles. The van der Waals surface area contributed by atoms with Gasteiger partial charge in [0, 0.05) is 45.1 Å². The number of rotatable bonds is 7. The van der Waals surface area contributed by atoms with Crippen LogP contribution in [0.2, 0.25) is 0 Å². The number of likely N-dealkylation sites (tertiary alicyclic amines) is 1. The summed E-state index contributed by atoms with van der Waals surface area (Å²) in [5, 5.41) is 0. The van der Waals surface area contributed by atoms with Crippen LogP contribution in [0.3, 0.4) is 0 Å². The quantitative estimate of drug-likeness (QED) is 0.456. The maximum atomic E-state index is 12.5. The van der Waals surface area contributed by atoms with Gasteiger partial charge in [-0.2, -0.15) is 8.78 Å². The van der Waals surface area contributed by atoms with Gasteiger partial charge in [0.05, 0.1) is 7.11 Å². The van der Waals surface area contributed by atoms with E-state index in [1.165, 1.54) is 42.4 Å². The smallest absolute Gasteiger partial charge is 0.387 e. The van der Waals surface area contributed by atoms with E-state index in [1.54, 1.807) is 4.90 Å². The second-order valence-electron chi connectivity index (χ2n) is 7.20. The van der Waals surface area contributed by atoms with Gasteiger partial charge in [0.2, 0.25) is 23.6 Å². The van der Waals surface area contributed by atoms with Crippen LogP contribution in [-0.4, -0.2) is 84.8 Å². The fraction of sp³-hybridized carbons (Fsp3) is 0.429. The first kappa shape index (κ1) is 23.2. The van der Waals surface area contributed by atoms with E-state index in [2.05, 4.69) is 4.74 Å². The van der Waals surface area contributed by atoms with Crippen molar-refractivity contribution >= 4 is 29.7 Å². The summed E-state index contributed by atoms with van der Waals surface area (Å²) in [5.41, 5.74) is 0.561. The number of carbonyl (C=O) groups excluding carboxylic acids is 4. The Morgan fingerprint density at radius 3 is 2.25 bits per heavy atom. The number of hydrogen-bond donors (Lipinski definition) is 0. The Morgan fingerprint density at radius 1 is 1.03 bits per heavy atom. The number of piperazine rings is 1. The molecule has 32 heavy (non-hydrogen) atoms. The first-order valence-electron chi connectivity index (χ1n) is 9.99.